The summed E-state index contributed by atoms with van der Waals surface area (Å²) in [6, 6.07) is 10.2. The molecule has 0 fully saturated rings. The molecule has 1 aromatic carbocycles. The zero-order chi connectivity index (χ0) is 11.7. The van der Waals surface area contributed by atoms with Crippen molar-refractivity contribution >= 4 is 12.0 Å². The summed E-state index contributed by atoms with van der Waals surface area (Å²) >= 11 is 0. The predicted molar refractivity (Wildman–Crippen MR) is 67.6 cm³/mol. The number of benzene rings is 1. The zero-order valence-corrected chi connectivity index (χ0v) is 9.50. The highest BCUT2D eigenvalue weighted by Gasteiger charge is 2.18. The minimum atomic E-state index is 0.907. The van der Waals surface area contributed by atoms with Crippen LogP contribution in [0.25, 0.3) is 0 Å². The van der Waals surface area contributed by atoms with Gasteiger partial charge in [0.05, 0.1) is 12.7 Å². The molecule has 1 aromatic heterocycles. The molecule has 3 rings (SSSR count). The molecule has 4 heteroatoms. The van der Waals surface area contributed by atoms with E-state index in [1.54, 1.807) is 0 Å². The van der Waals surface area contributed by atoms with Gasteiger partial charge >= 0.3 is 0 Å². The number of hydrogen-bond donors (Lipinski definition) is 1. The Bertz CT molecular complexity index is 527. The minimum absolute atomic E-state index is 0.907. The molecule has 1 aliphatic heterocycles. The van der Waals surface area contributed by atoms with Gasteiger partial charge in [0.2, 0.25) is 0 Å². The van der Waals surface area contributed by atoms with E-state index in [0.29, 0.717) is 0 Å². The molecular weight excluding hydrogens is 212 g/mol. The number of anilines is 1. The van der Waals surface area contributed by atoms with Gasteiger partial charge in [-0.25, -0.2) is 4.68 Å². The molecule has 0 amide bonds. The Morgan fingerprint density at radius 3 is 2.76 bits per heavy atom. The van der Waals surface area contributed by atoms with Crippen LogP contribution >= 0.6 is 0 Å². The van der Waals surface area contributed by atoms with Gasteiger partial charge in [-0.05, 0) is 11.1 Å². The monoisotopic (exact) mass is 226 g/mol. The van der Waals surface area contributed by atoms with E-state index >= 15 is 0 Å². The van der Waals surface area contributed by atoms with Crippen LogP contribution in [0.15, 0.2) is 36.5 Å². The topological polar surface area (TPSA) is 44.9 Å². The van der Waals surface area contributed by atoms with Crippen LogP contribution in [0.5, 0.6) is 0 Å². The second-order valence-corrected chi connectivity index (χ2v) is 4.22. The molecule has 1 N–H and O–H groups in total. The number of aromatic nitrogens is 2. The number of rotatable bonds is 3. The average Bonchev–Trinajstić information content (AvgIpc) is 2.95. The van der Waals surface area contributed by atoms with Crippen molar-refractivity contribution in [2.75, 3.05) is 11.4 Å². The van der Waals surface area contributed by atoms with Crippen molar-refractivity contribution in [3.8, 4) is 0 Å². The third-order valence-electron chi connectivity index (χ3n) is 3.12. The lowest BCUT2D eigenvalue weighted by atomic mass is 10.1. The van der Waals surface area contributed by atoms with E-state index in [9.17, 15) is 0 Å². The maximum absolute atomic E-state index is 7.17. The summed E-state index contributed by atoms with van der Waals surface area (Å²) in [7, 11) is 0. The molecule has 0 saturated heterocycles. The van der Waals surface area contributed by atoms with Crippen LogP contribution in [0.4, 0.5) is 5.82 Å². The van der Waals surface area contributed by atoms with Crippen LogP contribution in [-0.2, 0) is 13.1 Å². The molecule has 0 spiro atoms. The quantitative estimate of drug-likeness (QED) is 0.812. The van der Waals surface area contributed by atoms with Crippen molar-refractivity contribution < 1.29 is 0 Å². The van der Waals surface area contributed by atoms with Gasteiger partial charge < -0.3 is 10.3 Å². The van der Waals surface area contributed by atoms with Crippen molar-refractivity contribution in [2.24, 2.45) is 0 Å². The van der Waals surface area contributed by atoms with E-state index < -0.39 is 0 Å². The van der Waals surface area contributed by atoms with Crippen molar-refractivity contribution in [1.29, 1.82) is 5.41 Å². The Morgan fingerprint density at radius 2 is 2.00 bits per heavy atom. The fraction of sp³-hybridized carbons (Fsp3) is 0.231. The second kappa shape index (κ2) is 4.05. The summed E-state index contributed by atoms with van der Waals surface area (Å²) in [6.07, 6.45) is 3.22. The van der Waals surface area contributed by atoms with Crippen LogP contribution in [0.1, 0.15) is 11.1 Å². The molecule has 0 aliphatic carbocycles. The first-order valence-corrected chi connectivity index (χ1v) is 5.73. The summed E-state index contributed by atoms with van der Waals surface area (Å²) in [5.41, 5.74) is 2.21. The average molecular weight is 226 g/mol. The van der Waals surface area contributed by atoms with Gasteiger partial charge in [0.1, 0.15) is 5.82 Å². The molecule has 2 aromatic rings. The van der Waals surface area contributed by atoms with E-state index in [-0.39, 0.29) is 0 Å². The largest absolute Gasteiger partial charge is 0.351 e. The van der Waals surface area contributed by atoms with E-state index in [0.717, 1.165) is 25.2 Å². The number of hydrogen-bond acceptors (Lipinski definition) is 3. The molecule has 0 bridgehead atoms. The van der Waals surface area contributed by atoms with Gasteiger partial charge in [0, 0.05) is 25.4 Å². The zero-order valence-electron chi connectivity index (χ0n) is 9.50. The van der Waals surface area contributed by atoms with Crippen molar-refractivity contribution in [3.63, 3.8) is 0 Å². The molecule has 0 saturated carbocycles. The first-order chi connectivity index (χ1) is 8.36. The lowest BCUT2D eigenvalue weighted by Crippen LogP contribution is -2.19. The summed E-state index contributed by atoms with van der Waals surface area (Å²) < 4.78 is 2.03. The molecular formula is C13H14N4. The molecule has 0 atom stereocenters. The standard InChI is InChI=1S/C13H14N4/c14-9-11-1-3-12(4-2-11)10-16-7-8-17-13(16)5-6-15-17/h1-6,9,14H,7-8,10H2. The second-order valence-electron chi connectivity index (χ2n) is 4.22. The number of nitrogens with one attached hydrogen (secondary N) is 1. The number of fused-ring (bicyclic) bond motifs is 1. The minimum Gasteiger partial charge on any atom is -0.351 e. The fourth-order valence-electron chi connectivity index (χ4n) is 2.20. The summed E-state index contributed by atoms with van der Waals surface area (Å²) in [4.78, 5) is 2.33. The Kier molecular flexibility index (Phi) is 2.40. The molecule has 0 unspecified atom stereocenters. The van der Waals surface area contributed by atoms with Gasteiger partial charge in [-0.3, -0.25) is 0 Å². The van der Waals surface area contributed by atoms with Crippen molar-refractivity contribution in [3.05, 3.63) is 47.7 Å². The SMILES string of the molecule is N=Cc1ccc(CN2CCn3nccc32)cc1. The number of nitrogens with zero attached hydrogens (tertiary/aromatic N) is 3. The summed E-state index contributed by atoms with van der Waals surface area (Å²) in [5.74, 6) is 1.20. The predicted octanol–water partition coefficient (Wildman–Crippen LogP) is 1.90. The summed E-state index contributed by atoms with van der Waals surface area (Å²) in [5, 5.41) is 11.4. The van der Waals surface area contributed by atoms with E-state index in [1.807, 2.05) is 23.0 Å². The van der Waals surface area contributed by atoms with E-state index in [1.165, 1.54) is 17.6 Å². The van der Waals surface area contributed by atoms with Crippen molar-refractivity contribution in [1.82, 2.24) is 9.78 Å². The van der Waals surface area contributed by atoms with Crippen LogP contribution < -0.4 is 4.90 Å². The highest BCUT2D eigenvalue weighted by Crippen LogP contribution is 2.21. The third-order valence-corrected chi connectivity index (χ3v) is 3.12. The normalized spacial score (nSPS) is 13.8. The lowest BCUT2D eigenvalue weighted by Gasteiger charge is -2.16. The molecule has 1 aliphatic rings. The Balaban J connectivity index is 1.77. The Labute approximate surface area is 100.0 Å². The van der Waals surface area contributed by atoms with Gasteiger partial charge in [0.15, 0.2) is 0 Å². The highest BCUT2D eigenvalue weighted by atomic mass is 15.4. The Morgan fingerprint density at radius 1 is 1.18 bits per heavy atom. The van der Waals surface area contributed by atoms with Crippen LogP contribution in [0.3, 0.4) is 0 Å². The first kappa shape index (κ1) is 10.1. The van der Waals surface area contributed by atoms with Crippen LogP contribution in [0, 0.1) is 5.41 Å². The third kappa shape index (κ3) is 1.82. The highest BCUT2D eigenvalue weighted by molar-refractivity contribution is 5.76. The fourth-order valence-corrected chi connectivity index (χ4v) is 2.20. The molecule has 86 valence electrons. The van der Waals surface area contributed by atoms with Crippen molar-refractivity contribution in [2.45, 2.75) is 13.1 Å². The summed E-state index contributed by atoms with van der Waals surface area (Å²) in [6.45, 7) is 2.90. The molecule has 17 heavy (non-hydrogen) atoms. The molecule has 4 nitrogen and oxygen atoms in total. The maximum atomic E-state index is 7.17. The van der Waals surface area contributed by atoms with E-state index in [2.05, 4.69) is 28.2 Å². The smallest absolute Gasteiger partial charge is 0.127 e. The van der Waals surface area contributed by atoms with Crippen LogP contribution in [0.2, 0.25) is 0 Å². The van der Waals surface area contributed by atoms with Gasteiger partial charge in [-0.15, -0.1) is 0 Å². The lowest BCUT2D eigenvalue weighted by molar-refractivity contribution is 0.686. The first-order valence-electron chi connectivity index (χ1n) is 5.73. The Hall–Kier alpha value is -2.10. The van der Waals surface area contributed by atoms with E-state index in [4.69, 9.17) is 5.41 Å². The van der Waals surface area contributed by atoms with Gasteiger partial charge in [0.25, 0.3) is 0 Å². The van der Waals surface area contributed by atoms with Crippen LogP contribution in [-0.4, -0.2) is 22.5 Å². The maximum Gasteiger partial charge on any atom is 0.127 e. The molecule has 2 heterocycles. The molecule has 0 radical (unpaired) electrons. The van der Waals surface area contributed by atoms with Gasteiger partial charge in [-0.1, -0.05) is 24.3 Å². The van der Waals surface area contributed by atoms with Gasteiger partial charge in [-0.2, -0.15) is 5.10 Å².